The number of carbonyl (C=O) groups excluding carboxylic acids is 1. The number of hydrogen-bond donors (Lipinski definition) is 3. The number of ether oxygens (including phenoxy) is 1. The molecule has 0 fully saturated rings. The number of hydrogen-bond acceptors (Lipinski definition) is 3. The van der Waals surface area contributed by atoms with Crippen LogP contribution in [0.2, 0.25) is 0 Å². The second kappa shape index (κ2) is 9.78. The third-order valence-electron chi connectivity index (χ3n) is 4.68. The highest BCUT2D eigenvalue weighted by Crippen LogP contribution is 2.18. The Bertz CT molecular complexity index is 873. The second-order valence-corrected chi connectivity index (χ2v) is 6.52. The maximum Gasteiger partial charge on any atom is 0.221 e. The molecule has 27 heavy (non-hydrogen) atoms. The van der Waals surface area contributed by atoms with Gasteiger partial charge in [0.15, 0.2) is 0 Å². The van der Waals surface area contributed by atoms with E-state index < -0.39 is 0 Å². The average molecular weight is 365 g/mol. The number of H-pyrrole nitrogens is 1. The van der Waals surface area contributed by atoms with Crippen molar-refractivity contribution in [3.05, 3.63) is 65.9 Å². The number of para-hydroxylation sites is 2. The van der Waals surface area contributed by atoms with Crippen LogP contribution in [0.5, 0.6) is 5.75 Å². The van der Waals surface area contributed by atoms with Gasteiger partial charge < -0.3 is 20.4 Å². The average Bonchev–Trinajstić information content (AvgIpc) is 3.11. The van der Waals surface area contributed by atoms with E-state index in [9.17, 15) is 4.79 Å². The summed E-state index contributed by atoms with van der Waals surface area (Å²) >= 11 is 0. The van der Waals surface area contributed by atoms with E-state index in [1.54, 1.807) is 7.11 Å². The molecule has 0 saturated heterocycles. The van der Waals surface area contributed by atoms with E-state index in [1.807, 2.05) is 30.3 Å². The van der Waals surface area contributed by atoms with Gasteiger partial charge in [-0.3, -0.25) is 4.79 Å². The molecule has 0 aliphatic heterocycles. The molecule has 1 aromatic heterocycles. The normalized spacial score (nSPS) is 10.9. The van der Waals surface area contributed by atoms with E-state index >= 15 is 0 Å². The van der Waals surface area contributed by atoms with Crippen LogP contribution in [-0.2, 0) is 17.6 Å². The fraction of sp³-hybridized carbons (Fsp3) is 0.318. The summed E-state index contributed by atoms with van der Waals surface area (Å²) in [5.74, 6) is 0.940. The number of aromatic amines is 1. The molecule has 142 valence electrons. The maximum atomic E-state index is 12.0. The maximum absolute atomic E-state index is 12.0. The number of amides is 1. The van der Waals surface area contributed by atoms with Crippen molar-refractivity contribution in [3.63, 3.8) is 0 Å². The second-order valence-electron chi connectivity index (χ2n) is 6.52. The predicted molar refractivity (Wildman–Crippen MR) is 109 cm³/mol. The van der Waals surface area contributed by atoms with Gasteiger partial charge >= 0.3 is 0 Å². The van der Waals surface area contributed by atoms with Gasteiger partial charge in [0.05, 0.1) is 7.11 Å². The zero-order valence-electron chi connectivity index (χ0n) is 15.8. The summed E-state index contributed by atoms with van der Waals surface area (Å²) in [6, 6.07) is 16.2. The van der Waals surface area contributed by atoms with Crippen molar-refractivity contribution < 1.29 is 9.53 Å². The van der Waals surface area contributed by atoms with E-state index in [0.29, 0.717) is 19.5 Å². The molecule has 1 amide bonds. The fourth-order valence-corrected chi connectivity index (χ4v) is 3.22. The predicted octanol–water partition coefficient (Wildman–Crippen LogP) is 3.06. The summed E-state index contributed by atoms with van der Waals surface area (Å²) < 4.78 is 5.33. The first kappa shape index (κ1) is 19.0. The zero-order chi connectivity index (χ0) is 18.9. The van der Waals surface area contributed by atoms with Crippen LogP contribution in [0.25, 0.3) is 10.9 Å². The van der Waals surface area contributed by atoms with Gasteiger partial charge in [-0.05, 0) is 42.6 Å². The number of methoxy groups -OCH3 is 1. The Balaban J connectivity index is 1.30. The molecule has 3 rings (SSSR count). The molecule has 0 bridgehead atoms. The molecular weight excluding hydrogens is 338 g/mol. The molecule has 0 aliphatic rings. The van der Waals surface area contributed by atoms with Crippen LogP contribution < -0.4 is 15.4 Å². The van der Waals surface area contributed by atoms with Crippen LogP contribution in [0.15, 0.2) is 54.7 Å². The van der Waals surface area contributed by atoms with Gasteiger partial charge in [0.2, 0.25) is 5.91 Å². The van der Waals surface area contributed by atoms with Crippen molar-refractivity contribution in [3.8, 4) is 5.75 Å². The smallest absolute Gasteiger partial charge is 0.221 e. The zero-order valence-corrected chi connectivity index (χ0v) is 15.8. The third kappa shape index (κ3) is 5.34. The first-order valence-corrected chi connectivity index (χ1v) is 9.42. The van der Waals surface area contributed by atoms with E-state index in [0.717, 1.165) is 30.7 Å². The van der Waals surface area contributed by atoms with E-state index in [4.69, 9.17) is 4.74 Å². The Hall–Kier alpha value is -2.79. The molecule has 2 aromatic carbocycles. The lowest BCUT2D eigenvalue weighted by molar-refractivity contribution is -0.120. The first-order chi connectivity index (χ1) is 13.3. The topological polar surface area (TPSA) is 66.2 Å². The molecule has 5 heteroatoms. The number of aromatic nitrogens is 1. The third-order valence-corrected chi connectivity index (χ3v) is 4.68. The summed E-state index contributed by atoms with van der Waals surface area (Å²) in [7, 11) is 1.67. The summed E-state index contributed by atoms with van der Waals surface area (Å²) in [4.78, 5) is 15.3. The molecule has 3 N–H and O–H groups in total. The van der Waals surface area contributed by atoms with Gasteiger partial charge in [-0.25, -0.2) is 0 Å². The van der Waals surface area contributed by atoms with Crippen LogP contribution in [0.4, 0.5) is 0 Å². The lowest BCUT2D eigenvalue weighted by Crippen LogP contribution is -2.29. The van der Waals surface area contributed by atoms with Crippen molar-refractivity contribution >= 4 is 16.8 Å². The Morgan fingerprint density at radius 1 is 0.963 bits per heavy atom. The molecule has 0 spiro atoms. The monoisotopic (exact) mass is 365 g/mol. The van der Waals surface area contributed by atoms with E-state index in [1.165, 1.54) is 16.5 Å². The molecule has 5 nitrogen and oxygen atoms in total. The van der Waals surface area contributed by atoms with Crippen molar-refractivity contribution in [1.82, 2.24) is 15.6 Å². The highest BCUT2D eigenvalue weighted by molar-refractivity contribution is 5.83. The molecule has 3 aromatic rings. The standard InChI is InChI=1S/C22H27N3O2/c1-27-21-9-5-2-6-17(21)11-15-24-22(26)12-14-23-13-10-18-16-25-20-8-4-3-7-19(18)20/h2-9,16,23,25H,10-15H2,1H3,(H,24,26). The van der Waals surface area contributed by atoms with Gasteiger partial charge in [-0.1, -0.05) is 36.4 Å². The SMILES string of the molecule is COc1ccccc1CCNC(=O)CCNCCc1c[nH]c2ccccc12. The highest BCUT2D eigenvalue weighted by Gasteiger charge is 2.05. The number of nitrogens with one attached hydrogen (secondary N) is 3. The quantitative estimate of drug-likeness (QED) is 0.484. The van der Waals surface area contributed by atoms with Crippen LogP contribution >= 0.6 is 0 Å². The first-order valence-electron chi connectivity index (χ1n) is 9.42. The summed E-state index contributed by atoms with van der Waals surface area (Å²) in [6.07, 6.45) is 4.26. The van der Waals surface area contributed by atoms with Crippen molar-refractivity contribution in [1.29, 1.82) is 0 Å². The molecule has 0 aliphatic carbocycles. The molecule has 0 radical (unpaired) electrons. The van der Waals surface area contributed by atoms with E-state index in [2.05, 4.69) is 40.0 Å². The largest absolute Gasteiger partial charge is 0.496 e. The molecular formula is C22H27N3O2. The number of rotatable bonds is 10. The number of benzene rings is 2. The minimum atomic E-state index is 0.0736. The summed E-state index contributed by atoms with van der Waals surface area (Å²) in [5.41, 5.74) is 3.58. The minimum absolute atomic E-state index is 0.0736. The lowest BCUT2D eigenvalue weighted by Gasteiger charge is -2.09. The van der Waals surface area contributed by atoms with Crippen molar-refractivity contribution in [2.24, 2.45) is 0 Å². The van der Waals surface area contributed by atoms with Crippen molar-refractivity contribution in [2.75, 3.05) is 26.7 Å². The van der Waals surface area contributed by atoms with Crippen LogP contribution in [0.1, 0.15) is 17.5 Å². The fourth-order valence-electron chi connectivity index (χ4n) is 3.22. The van der Waals surface area contributed by atoms with Gasteiger partial charge in [0.1, 0.15) is 5.75 Å². The minimum Gasteiger partial charge on any atom is -0.496 e. The Labute approximate surface area is 160 Å². The molecule has 1 heterocycles. The Kier molecular flexibility index (Phi) is 6.88. The molecule has 0 saturated carbocycles. The van der Waals surface area contributed by atoms with Gasteiger partial charge in [0, 0.05) is 36.6 Å². The Morgan fingerprint density at radius 3 is 2.63 bits per heavy atom. The van der Waals surface area contributed by atoms with Crippen LogP contribution in [0, 0.1) is 0 Å². The van der Waals surface area contributed by atoms with Gasteiger partial charge in [-0.15, -0.1) is 0 Å². The Morgan fingerprint density at radius 2 is 1.74 bits per heavy atom. The lowest BCUT2D eigenvalue weighted by atomic mass is 10.1. The highest BCUT2D eigenvalue weighted by atomic mass is 16.5. The summed E-state index contributed by atoms with van der Waals surface area (Å²) in [5, 5.41) is 7.59. The van der Waals surface area contributed by atoms with Crippen LogP contribution in [0.3, 0.4) is 0 Å². The number of carbonyl (C=O) groups is 1. The molecule has 0 unspecified atom stereocenters. The molecule has 0 atom stereocenters. The summed E-state index contributed by atoms with van der Waals surface area (Å²) in [6.45, 7) is 2.16. The van der Waals surface area contributed by atoms with Gasteiger partial charge in [-0.2, -0.15) is 0 Å². The van der Waals surface area contributed by atoms with E-state index in [-0.39, 0.29) is 5.91 Å². The number of fused-ring (bicyclic) bond motifs is 1. The van der Waals surface area contributed by atoms with Gasteiger partial charge in [0.25, 0.3) is 0 Å². The van der Waals surface area contributed by atoms with Crippen molar-refractivity contribution in [2.45, 2.75) is 19.3 Å². The van der Waals surface area contributed by atoms with Crippen LogP contribution in [-0.4, -0.2) is 37.6 Å².